The lowest BCUT2D eigenvalue weighted by Crippen LogP contribution is -2.26. The van der Waals surface area contributed by atoms with E-state index in [1.807, 2.05) is 0 Å². The predicted octanol–water partition coefficient (Wildman–Crippen LogP) is 2.79. The molecule has 1 aromatic carbocycles. The Morgan fingerprint density at radius 1 is 1.30 bits per heavy atom. The summed E-state index contributed by atoms with van der Waals surface area (Å²) in [6.07, 6.45) is 3.70. The van der Waals surface area contributed by atoms with Gasteiger partial charge in [-0.25, -0.2) is 13.4 Å². The lowest BCUT2D eigenvalue weighted by atomic mass is 9.84. The van der Waals surface area contributed by atoms with Crippen molar-refractivity contribution >= 4 is 32.4 Å². The number of nitrogens with zero attached hydrogens (tertiary/aromatic N) is 2. The highest BCUT2D eigenvalue weighted by atomic mass is 32.2. The number of hydrogen-bond acceptors (Lipinski definition) is 7. The Labute approximate surface area is 163 Å². The van der Waals surface area contributed by atoms with Gasteiger partial charge in [0.2, 0.25) is 11.0 Å². The van der Waals surface area contributed by atoms with E-state index in [1.54, 1.807) is 31.2 Å². The molecule has 1 N–H and O–H groups in total. The maximum atomic E-state index is 13.0. The monoisotopic (exact) mass is 409 g/mol. The van der Waals surface area contributed by atoms with E-state index < -0.39 is 9.84 Å². The van der Waals surface area contributed by atoms with Gasteiger partial charge in [-0.1, -0.05) is 12.1 Å². The van der Waals surface area contributed by atoms with E-state index >= 15 is 0 Å². The summed E-state index contributed by atoms with van der Waals surface area (Å²) >= 11 is 1.15. The standard InChI is InChI=1S/C18H23N3O4S2/c1-12-19-18(26-21-12)20-17(22)16(11-13-7-9-25-10-8-13)14-3-5-15(6-4-14)27(2,23)24/h3-6,13,16H,7-11H2,1-2H3,(H,19,20,21,22). The molecule has 27 heavy (non-hydrogen) atoms. The van der Waals surface area contributed by atoms with Crippen molar-refractivity contribution in [2.24, 2.45) is 5.92 Å². The molecule has 1 saturated heterocycles. The van der Waals surface area contributed by atoms with E-state index in [1.165, 1.54) is 6.26 Å². The number of sulfone groups is 1. The number of amides is 1. The molecule has 0 bridgehead atoms. The molecule has 2 heterocycles. The number of hydrogen-bond donors (Lipinski definition) is 1. The number of nitrogens with one attached hydrogen (secondary N) is 1. The Kier molecular flexibility index (Phi) is 6.23. The van der Waals surface area contributed by atoms with Crippen LogP contribution >= 0.6 is 11.5 Å². The average molecular weight is 410 g/mol. The van der Waals surface area contributed by atoms with Crippen molar-refractivity contribution < 1.29 is 17.9 Å². The van der Waals surface area contributed by atoms with Gasteiger partial charge in [0.05, 0.1) is 10.8 Å². The molecular weight excluding hydrogens is 386 g/mol. The number of aromatic nitrogens is 2. The molecule has 1 aliphatic heterocycles. The first-order valence-electron chi connectivity index (χ1n) is 8.82. The summed E-state index contributed by atoms with van der Waals surface area (Å²) in [6.45, 7) is 3.19. The van der Waals surface area contributed by atoms with Crippen molar-refractivity contribution in [3.63, 3.8) is 0 Å². The zero-order chi connectivity index (χ0) is 19.4. The lowest BCUT2D eigenvalue weighted by Gasteiger charge is -2.26. The highest BCUT2D eigenvalue weighted by molar-refractivity contribution is 7.90. The van der Waals surface area contributed by atoms with Gasteiger partial charge < -0.3 is 10.1 Å². The second-order valence-electron chi connectivity index (χ2n) is 6.82. The van der Waals surface area contributed by atoms with Crippen LogP contribution in [0.1, 0.15) is 36.6 Å². The van der Waals surface area contributed by atoms with Crippen LogP contribution in [0.5, 0.6) is 0 Å². The van der Waals surface area contributed by atoms with Crippen LogP contribution in [0.15, 0.2) is 29.2 Å². The molecule has 1 amide bonds. The molecule has 0 spiro atoms. The van der Waals surface area contributed by atoms with Gasteiger partial charge in [-0.15, -0.1) is 0 Å². The fraction of sp³-hybridized carbons (Fsp3) is 0.500. The van der Waals surface area contributed by atoms with Gasteiger partial charge in [-0.2, -0.15) is 4.37 Å². The summed E-state index contributed by atoms with van der Waals surface area (Å²) in [5.41, 5.74) is 0.799. The second-order valence-corrected chi connectivity index (χ2v) is 9.59. The fourth-order valence-corrected chi connectivity index (χ4v) is 4.41. The van der Waals surface area contributed by atoms with Gasteiger partial charge in [0.25, 0.3) is 0 Å². The molecule has 0 aliphatic carbocycles. The van der Waals surface area contributed by atoms with Gasteiger partial charge >= 0.3 is 0 Å². The van der Waals surface area contributed by atoms with Crippen LogP contribution < -0.4 is 5.32 Å². The van der Waals surface area contributed by atoms with Gasteiger partial charge in [-0.05, 0) is 49.8 Å². The van der Waals surface area contributed by atoms with E-state index in [2.05, 4.69) is 14.7 Å². The van der Waals surface area contributed by atoms with Crippen molar-refractivity contribution in [2.75, 3.05) is 24.8 Å². The third kappa shape index (κ3) is 5.33. The maximum Gasteiger partial charge on any atom is 0.233 e. The Morgan fingerprint density at radius 2 is 1.96 bits per heavy atom. The van der Waals surface area contributed by atoms with E-state index in [0.717, 1.165) is 29.9 Å². The number of ether oxygens (including phenoxy) is 1. The molecule has 1 unspecified atom stereocenters. The highest BCUT2D eigenvalue weighted by Crippen LogP contribution is 2.31. The van der Waals surface area contributed by atoms with Gasteiger partial charge in [-0.3, -0.25) is 4.79 Å². The van der Waals surface area contributed by atoms with Gasteiger partial charge in [0.15, 0.2) is 9.84 Å². The van der Waals surface area contributed by atoms with E-state index in [9.17, 15) is 13.2 Å². The van der Waals surface area contributed by atoms with E-state index in [-0.39, 0.29) is 16.7 Å². The maximum absolute atomic E-state index is 13.0. The molecule has 9 heteroatoms. The first-order valence-corrected chi connectivity index (χ1v) is 11.5. The second kappa shape index (κ2) is 8.45. The summed E-state index contributed by atoms with van der Waals surface area (Å²) in [7, 11) is -3.27. The number of rotatable bonds is 6. The van der Waals surface area contributed by atoms with Crippen LogP contribution in [-0.2, 0) is 19.4 Å². The third-order valence-electron chi connectivity index (χ3n) is 4.69. The van der Waals surface area contributed by atoms with Crippen LogP contribution in [-0.4, -0.2) is 43.2 Å². The quantitative estimate of drug-likeness (QED) is 0.788. The normalized spacial score (nSPS) is 16.8. The summed E-state index contributed by atoms with van der Waals surface area (Å²) in [4.78, 5) is 17.4. The zero-order valence-electron chi connectivity index (χ0n) is 15.3. The lowest BCUT2D eigenvalue weighted by molar-refractivity contribution is -0.118. The number of carbonyl (C=O) groups excluding carboxylic acids is 1. The first kappa shape index (κ1) is 19.9. The minimum absolute atomic E-state index is 0.148. The van der Waals surface area contributed by atoms with E-state index in [0.29, 0.717) is 36.5 Å². The minimum Gasteiger partial charge on any atom is -0.381 e. The molecule has 3 rings (SSSR count). The third-order valence-corrected chi connectivity index (χ3v) is 6.54. The molecule has 0 radical (unpaired) electrons. The summed E-state index contributed by atoms with van der Waals surface area (Å²) in [5, 5.41) is 3.33. The summed E-state index contributed by atoms with van der Waals surface area (Å²) < 4.78 is 32.9. The van der Waals surface area contributed by atoms with Crippen molar-refractivity contribution in [2.45, 2.75) is 37.0 Å². The molecule has 1 atom stereocenters. The van der Waals surface area contributed by atoms with Crippen LogP contribution in [0, 0.1) is 12.8 Å². The van der Waals surface area contributed by atoms with Crippen molar-refractivity contribution in [3.05, 3.63) is 35.7 Å². The SMILES string of the molecule is Cc1nsc(NC(=O)C(CC2CCOCC2)c2ccc(S(C)(=O)=O)cc2)n1. The number of anilines is 1. The van der Waals surface area contributed by atoms with Crippen LogP contribution in [0.4, 0.5) is 5.13 Å². The molecule has 2 aromatic rings. The predicted molar refractivity (Wildman–Crippen MR) is 104 cm³/mol. The molecule has 1 aromatic heterocycles. The van der Waals surface area contributed by atoms with Crippen molar-refractivity contribution in [3.8, 4) is 0 Å². The molecule has 7 nitrogen and oxygen atoms in total. The Morgan fingerprint density at radius 3 is 2.52 bits per heavy atom. The molecule has 1 fully saturated rings. The molecule has 0 saturated carbocycles. The van der Waals surface area contributed by atoms with Gasteiger partial charge in [0, 0.05) is 31.0 Å². The Bertz CT molecular complexity index is 888. The smallest absolute Gasteiger partial charge is 0.233 e. The Balaban J connectivity index is 1.82. The topological polar surface area (TPSA) is 98.2 Å². The largest absolute Gasteiger partial charge is 0.381 e. The highest BCUT2D eigenvalue weighted by Gasteiger charge is 2.27. The fourth-order valence-electron chi connectivity index (χ4n) is 3.20. The first-order chi connectivity index (χ1) is 12.8. The Hall–Kier alpha value is -1.84. The number of aryl methyl sites for hydroxylation is 1. The zero-order valence-corrected chi connectivity index (χ0v) is 17.0. The van der Waals surface area contributed by atoms with Gasteiger partial charge in [0.1, 0.15) is 5.82 Å². The van der Waals surface area contributed by atoms with Crippen LogP contribution in [0.25, 0.3) is 0 Å². The molecular formula is C18H23N3O4S2. The van der Waals surface area contributed by atoms with Crippen molar-refractivity contribution in [1.29, 1.82) is 0 Å². The number of carbonyl (C=O) groups is 1. The summed E-state index contributed by atoms with van der Waals surface area (Å²) in [6, 6.07) is 6.57. The molecule has 146 valence electrons. The summed E-state index contributed by atoms with van der Waals surface area (Å²) in [5.74, 6) is 0.477. The minimum atomic E-state index is -3.27. The number of benzene rings is 1. The van der Waals surface area contributed by atoms with Crippen LogP contribution in [0.3, 0.4) is 0 Å². The average Bonchev–Trinajstić information content (AvgIpc) is 3.04. The van der Waals surface area contributed by atoms with Crippen LogP contribution in [0.2, 0.25) is 0 Å². The van der Waals surface area contributed by atoms with Crippen molar-refractivity contribution in [1.82, 2.24) is 9.36 Å². The van der Waals surface area contributed by atoms with E-state index in [4.69, 9.17) is 4.74 Å². The molecule has 1 aliphatic rings.